The minimum atomic E-state index is -1.86. The van der Waals surface area contributed by atoms with Crippen molar-refractivity contribution < 1.29 is 19.4 Å². The number of ketones is 1. The van der Waals surface area contributed by atoms with Crippen molar-refractivity contribution in [1.82, 2.24) is 0 Å². The number of halogens is 1. The first-order valence-electron chi connectivity index (χ1n) is 6.95. The summed E-state index contributed by atoms with van der Waals surface area (Å²) in [5, 5.41) is 13.4. The minimum absolute atomic E-state index is 0.321. The van der Waals surface area contributed by atoms with Gasteiger partial charge in [-0.05, 0) is 42.5 Å². The Kier molecular flexibility index (Phi) is 3.95. The number of carbonyl (C=O) groups is 2. The molecule has 0 saturated carbocycles. The molecular weight excluding hydrogens is 362 g/mol. The molecule has 1 aliphatic heterocycles. The topological polar surface area (TPSA) is 75.6 Å². The van der Waals surface area contributed by atoms with Crippen LogP contribution in [0, 0.1) is 0 Å². The molecule has 118 valence electrons. The molecule has 3 rings (SSSR count). The molecule has 0 spiro atoms. The first-order valence-corrected chi connectivity index (χ1v) is 7.74. The van der Waals surface area contributed by atoms with Crippen LogP contribution in [-0.2, 0) is 10.4 Å². The quantitative estimate of drug-likeness (QED) is 0.805. The number of Topliss-reactive ketones (excluding diaryl/α,β-unsaturated/α-hetero) is 1. The van der Waals surface area contributed by atoms with Crippen LogP contribution in [0.25, 0.3) is 0 Å². The molecule has 23 heavy (non-hydrogen) atoms. The largest absolute Gasteiger partial charge is 0.497 e. The summed E-state index contributed by atoms with van der Waals surface area (Å²) in [6.07, 6.45) is -0.325. The van der Waals surface area contributed by atoms with Crippen LogP contribution in [0.2, 0.25) is 0 Å². The Hall–Kier alpha value is -2.18. The summed E-state index contributed by atoms with van der Waals surface area (Å²) in [4.78, 5) is 24.6. The van der Waals surface area contributed by atoms with Crippen molar-refractivity contribution in [2.45, 2.75) is 12.0 Å². The number of hydrogen-bond donors (Lipinski definition) is 2. The third-order valence-electron chi connectivity index (χ3n) is 3.88. The Bertz CT molecular complexity index is 788. The number of aliphatic hydroxyl groups is 1. The van der Waals surface area contributed by atoms with Crippen LogP contribution >= 0.6 is 15.9 Å². The van der Waals surface area contributed by atoms with Gasteiger partial charge in [0.05, 0.1) is 13.5 Å². The minimum Gasteiger partial charge on any atom is -0.497 e. The third kappa shape index (κ3) is 2.75. The van der Waals surface area contributed by atoms with E-state index in [4.69, 9.17) is 4.74 Å². The Balaban J connectivity index is 1.90. The Morgan fingerprint density at radius 1 is 1.26 bits per heavy atom. The lowest BCUT2D eigenvalue weighted by Gasteiger charge is -2.20. The molecule has 0 saturated heterocycles. The van der Waals surface area contributed by atoms with E-state index in [0.29, 0.717) is 22.6 Å². The predicted molar refractivity (Wildman–Crippen MR) is 88.6 cm³/mol. The number of fused-ring (bicyclic) bond motifs is 1. The Morgan fingerprint density at radius 3 is 2.61 bits per heavy atom. The zero-order valence-electron chi connectivity index (χ0n) is 12.3. The van der Waals surface area contributed by atoms with Gasteiger partial charge >= 0.3 is 0 Å². The molecular formula is C17H14BrNO4. The predicted octanol–water partition coefficient (Wildman–Crippen LogP) is 2.87. The maximum atomic E-state index is 12.5. The second-order valence-corrected chi connectivity index (χ2v) is 6.25. The molecule has 0 bridgehead atoms. The fourth-order valence-electron chi connectivity index (χ4n) is 2.60. The molecule has 6 heteroatoms. The standard InChI is InChI=1S/C17H14BrNO4/c1-23-12-5-2-10(3-6-12)15(20)9-17(22)13-8-11(18)4-7-14(13)19-16(17)21/h2-8,22H,9H2,1H3,(H,19,21)/t17-/m1/s1. The fourth-order valence-corrected chi connectivity index (χ4v) is 2.96. The van der Waals surface area contributed by atoms with Gasteiger partial charge in [0.15, 0.2) is 11.4 Å². The van der Waals surface area contributed by atoms with Gasteiger partial charge in [-0.25, -0.2) is 0 Å². The van der Waals surface area contributed by atoms with E-state index in [1.54, 1.807) is 42.5 Å². The molecule has 2 aromatic rings. The van der Waals surface area contributed by atoms with Gasteiger partial charge in [-0.3, -0.25) is 9.59 Å². The maximum Gasteiger partial charge on any atom is 0.261 e. The molecule has 0 aliphatic carbocycles. The number of carbonyl (C=O) groups excluding carboxylic acids is 2. The SMILES string of the molecule is COc1ccc(C(=O)C[C@]2(O)C(=O)Nc3ccc(Br)cc32)cc1. The molecule has 1 aliphatic rings. The van der Waals surface area contributed by atoms with Crippen molar-refractivity contribution in [2.24, 2.45) is 0 Å². The van der Waals surface area contributed by atoms with E-state index >= 15 is 0 Å². The van der Waals surface area contributed by atoms with Gasteiger partial charge in [-0.15, -0.1) is 0 Å². The van der Waals surface area contributed by atoms with Gasteiger partial charge in [-0.2, -0.15) is 0 Å². The van der Waals surface area contributed by atoms with Crippen LogP contribution in [0.3, 0.4) is 0 Å². The molecule has 1 heterocycles. The van der Waals surface area contributed by atoms with E-state index in [2.05, 4.69) is 21.2 Å². The summed E-state index contributed by atoms with van der Waals surface area (Å²) in [6.45, 7) is 0. The van der Waals surface area contributed by atoms with Crippen LogP contribution in [0.1, 0.15) is 22.3 Å². The molecule has 0 radical (unpaired) electrons. The number of hydrogen-bond acceptors (Lipinski definition) is 4. The van der Waals surface area contributed by atoms with Gasteiger partial charge in [-0.1, -0.05) is 15.9 Å². The molecule has 0 fully saturated rings. The van der Waals surface area contributed by atoms with E-state index in [1.807, 2.05) is 0 Å². The van der Waals surface area contributed by atoms with Crippen LogP contribution in [0.5, 0.6) is 5.75 Å². The molecule has 1 amide bonds. The summed E-state index contributed by atoms with van der Waals surface area (Å²) < 4.78 is 5.77. The molecule has 0 aromatic heterocycles. The van der Waals surface area contributed by atoms with Gasteiger partial charge in [0.2, 0.25) is 0 Å². The summed E-state index contributed by atoms with van der Waals surface area (Å²) in [5.41, 5.74) is -0.534. The van der Waals surface area contributed by atoms with Crippen LogP contribution in [0.15, 0.2) is 46.9 Å². The van der Waals surface area contributed by atoms with E-state index in [-0.39, 0.29) is 12.2 Å². The monoisotopic (exact) mass is 375 g/mol. The third-order valence-corrected chi connectivity index (χ3v) is 4.37. The number of methoxy groups -OCH3 is 1. The summed E-state index contributed by atoms with van der Waals surface area (Å²) >= 11 is 3.31. The average Bonchev–Trinajstić information content (AvgIpc) is 2.79. The molecule has 5 nitrogen and oxygen atoms in total. The Morgan fingerprint density at radius 2 is 1.96 bits per heavy atom. The van der Waals surface area contributed by atoms with Crippen molar-refractivity contribution in [3.63, 3.8) is 0 Å². The van der Waals surface area contributed by atoms with Crippen LogP contribution in [0.4, 0.5) is 5.69 Å². The summed E-state index contributed by atoms with van der Waals surface area (Å²) in [7, 11) is 1.54. The van der Waals surface area contributed by atoms with Gasteiger partial charge < -0.3 is 15.2 Å². The number of nitrogens with one attached hydrogen (secondary N) is 1. The van der Waals surface area contributed by atoms with E-state index in [0.717, 1.165) is 4.47 Å². The van der Waals surface area contributed by atoms with Gasteiger partial charge in [0, 0.05) is 21.3 Å². The van der Waals surface area contributed by atoms with Crippen LogP contribution < -0.4 is 10.1 Å². The molecule has 2 N–H and O–H groups in total. The first kappa shape index (κ1) is 15.7. The van der Waals surface area contributed by atoms with Gasteiger partial charge in [0.25, 0.3) is 5.91 Å². The molecule has 2 aromatic carbocycles. The lowest BCUT2D eigenvalue weighted by Crippen LogP contribution is -2.36. The van der Waals surface area contributed by atoms with Crippen molar-refractivity contribution in [1.29, 1.82) is 0 Å². The number of benzene rings is 2. The fraction of sp³-hybridized carbons (Fsp3) is 0.176. The zero-order chi connectivity index (χ0) is 16.6. The highest BCUT2D eigenvalue weighted by atomic mass is 79.9. The van der Waals surface area contributed by atoms with Crippen LogP contribution in [-0.4, -0.2) is 23.9 Å². The van der Waals surface area contributed by atoms with E-state index in [1.165, 1.54) is 7.11 Å². The number of ether oxygens (including phenoxy) is 1. The lowest BCUT2D eigenvalue weighted by molar-refractivity contribution is -0.133. The second-order valence-electron chi connectivity index (χ2n) is 5.33. The van der Waals surface area contributed by atoms with E-state index in [9.17, 15) is 14.7 Å². The van der Waals surface area contributed by atoms with Crippen molar-refractivity contribution >= 4 is 33.3 Å². The normalized spacial score (nSPS) is 19.2. The number of rotatable bonds is 4. The van der Waals surface area contributed by atoms with Crippen molar-refractivity contribution in [3.8, 4) is 5.75 Å². The van der Waals surface area contributed by atoms with E-state index < -0.39 is 11.5 Å². The smallest absolute Gasteiger partial charge is 0.261 e. The first-order chi connectivity index (χ1) is 10.9. The molecule has 0 unspecified atom stereocenters. The highest BCUT2D eigenvalue weighted by Crippen LogP contribution is 2.40. The van der Waals surface area contributed by atoms with Crippen molar-refractivity contribution in [3.05, 3.63) is 58.1 Å². The summed E-state index contributed by atoms with van der Waals surface area (Å²) in [5.74, 6) is -0.279. The zero-order valence-corrected chi connectivity index (χ0v) is 13.9. The number of amides is 1. The average molecular weight is 376 g/mol. The second kappa shape index (κ2) is 5.79. The highest BCUT2D eigenvalue weighted by Gasteiger charge is 2.46. The lowest BCUT2D eigenvalue weighted by atomic mass is 9.88. The molecule has 1 atom stereocenters. The van der Waals surface area contributed by atoms with Gasteiger partial charge in [0.1, 0.15) is 5.75 Å². The maximum absolute atomic E-state index is 12.5. The highest BCUT2D eigenvalue weighted by molar-refractivity contribution is 9.10. The summed E-state index contributed by atoms with van der Waals surface area (Å²) in [6, 6.07) is 11.6. The van der Waals surface area contributed by atoms with Crippen molar-refractivity contribution in [2.75, 3.05) is 12.4 Å². The number of anilines is 1. The Labute approximate surface area is 141 Å².